The van der Waals surface area contributed by atoms with Gasteiger partial charge in [-0.15, -0.1) is 10.2 Å². The highest BCUT2D eigenvalue weighted by atomic mass is 16.3. The van der Waals surface area contributed by atoms with Gasteiger partial charge in [-0.05, 0) is 24.3 Å². The second-order valence-corrected chi connectivity index (χ2v) is 3.77. The van der Waals surface area contributed by atoms with E-state index in [1.165, 1.54) is 6.26 Å². The molecule has 0 radical (unpaired) electrons. The number of aliphatic hydroxyl groups excluding tert-OH is 1. The van der Waals surface area contributed by atoms with Crippen molar-refractivity contribution in [3.63, 3.8) is 0 Å². The number of carbonyl (C=O) groups is 1. The van der Waals surface area contributed by atoms with E-state index in [1.54, 1.807) is 19.1 Å². The molecule has 8 nitrogen and oxygen atoms in total. The lowest BCUT2D eigenvalue weighted by molar-refractivity contribution is -0.122. The summed E-state index contributed by atoms with van der Waals surface area (Å²) in [5, 5.41) is 23.0. The zero-order chi connectivity index (χ0) is 13.0. The van der Waals surface area contributed by atoms with Gasteiger partial charge in [0.1, 0.15) is 6.54 Å². The highest BCUT2D eigenvalue weighted by Gasteiger charge is 2.11. The number of hydrogen-bond acceptors (Lipinski definition) is 6. The maximum atomic E-state index is 11.4. The molecule has 0 aromatic carbocycles. The van der Waals surface area contributed by atoms with Gasteiger partial charge in [-0.1, -0.05) is 0 Å². The van der Waals surface area contributed by atoms with E-state index >= 15 is 0 Å². The molecule has 0 fully saturated rings. The Morgan fingerprint density at radius 2 is 2.50 bits per heavy atom. The van der Waals surface area contributed by atoms with Gasteiger partial charge >= 0.3 is 0 Å². The fourth-order valence-electron chi connectivity index (χ4n) is 1.26. The molecule has 0 aliphatic carbocycles. The predicted molar refractivity (Wildman–Crippen MR) is 60.2 cm³/mol. The monoisotopic (exact) mass is 251 g/mol. The van der Waals surface area contributed by atoms with E-state index in [-0.39, 0.29) is 19.0 Å². The smallest absolute Gasteiger partial charge is 0.243 e. The van der Waals surface area contributed by atoms with Crippen molar-refractivity contribution in [1.29, 1.82) is 0 Å². The van der Waals surface area contributed by atoms with Crippen LogP contribution in [-0.2, 0) is 11.3 Å². The van der Waals surface area contributed by atoms with Gasteiger partial charge in [-0.3, -0.25) is 4.79 Å². The number of rotatable bonds is 5. The van der Waals surface area contributed by atoms with Crippen molar-refractivity contribution in [3.8, 4) is 11.6 Å². The van der Waals surface area contributed by atoms with Crippen molar-refractivity contribution in [2.24, 2.45) is 0 Å². The molecule has 96 valence electrons. The van der Waals surface area contributed by atoms with Crippen LogP contribution >= 0.6 is 0 Å². The van der Waals surface area contributed by atoms with E-state index in [4.69, 9.17) is 9.52 Å². The minimum absolute atomic E-state index is 0.0551. The van der Waals surface area contributed by atoms with E-state index in [0.29, 0.717) is 11.6 Å². The van der Waals surface area contributed by atoms with Gasteiger partial charge in [0.15, 0.2) is 5.76 Å². The highest BCUT2D eigenvalue weighted by molar-refractivity contribution is 5.75. The summed E-state index contributed by atoms with van der Waals surface area (Å²) in [5.74, 6) is 0.522. The van der Waals surface area contributed by atoms with Crippen LogP contribution in [0.5, 0.6) is 0 Å². The molecule has 2 aromatic heterocycles. The predicted octanol–water partition coefficient (Wildman–Crippen LogP) is -0.570. The summed E-state index contributed by atoms with van der Waals surface area (Å²) in [6, 6.07) is 3.42. The molecule has 2 rings (SSSR count). The number of aliphatic hydroxyl groups is 1. The van der Waals surface area contributed by atoms with Crippen molar-refractivity contribution in [1.82, 2.24) is 25.5 Å². The lowest BCUT2D eigenvalue weighted by Crippen LogP contribution is -2.33. The Bertz CT molecular complexity index is 505. The van der Waals surface area contributed by atoms with Crippen LogP contribution < -0.4 is 5.32 Å². The van der Waals surface area contributed by atoms with E-state index in [0.717, 1.165) is 4.80 Å². The first-order valence-electron chi connectivity index (χ1n) is 5.41. The first-order chi connectivity index (χ1) is 8.65. The van der Waals surface area contributed by atoms with E-state index in [2.05, 4.69) is 20.7 Å². The maximum Gasteiger partial charge on any atom is 0.243 e. The summed E-state index contributed by atoms with van der Waals surface area (Å²) in [7, 11) is 0. The van der Waals surface area contributed by atoms with Crippen LogP contribution in [0.25, 0.3) is 11.6 Å². The molecule has 0 unspecified atom stereocenters. The van der Waals surface area contributed by atoms with E-state index < -0.39 is 6.10 Å². The minimum atomic E-state index is -0.587. The molecule has 0 saturated carbocycles. The lowest BCUT2D eigenvalue weighted by Gasteiger charge is -2.05. The van der Waals surface area contributed by atoms with Crippen LogP contribution in [0.1, 0.15) is 6.92 Å². The first kappa shape index (κ1) is 12.2. The molecule has 0 spiro atoms. The molecule has 0 aliphatic heterocycles. The lowest BCUT2D eigenvalue weighted by atomic mass is 10.4. The molecule has 2 N–H and O–H groups in total. The van der Waals surface area contributed by atoms with Crippen molar-refractivity contribution in [2.75, 3.05) is 6.54 Å². The van der Waals surface area contributed by atoms with Crippen LogP contribution in [0.2, 0.25) is 0 Å². The fourth-order valence-corrected chi connectivity index (χ4v) is 1.26. The van der Waals surface area contributed by atoms with Crippen molar-refractivity contribution in [2.45, 2.75) is 19.6 Å². The number of furan rings is 1. The third-order valence-electron chi connectivity index (χ3n) is 2.07. The van der Waals surface area contributed by atoms with Crippen LogP contribution in [0.3, 0.4) is 0 Å². The van der Waals surface area contributed by atoms with E-state index in [9.17, 15) is 4.79 Å². The van der Waals surface area contributed by atoms with Crippen LogP contribution in [0.15, 0.2) is 22.8 Å². The summed E-state index contributed by atoms with van der Waals surface area (Å²) in [6.07, 6.45) is 0.919. The number of amides is 1. The highest BCUT2D eigenvalue weighted by Crippen LogP contribution is 2.12. The number of tetrazole rings is 1. The van der Waals surface area contributed by atoms with Gasteiger partial charge in [-0.25, -0.2) is 0 Å². The van der Waals surface area contributed by atoms with Crippen molar-refractivity contribution >= 4 is 5.91 Å². The molecular weight excluding hydrogens is 238 g/mol. The Balaban J connectivity index is 1.93. The topological polar surface area (TPSA) is 106 Å². The van der Waals surface area contributed by atoms with Gasteiger partial charge in [0.25, 0.3) is 0 Å². The van der Waals surface area contributed by atoms with Crippen LogP contribution in [-0.4, -0.2) is 43.9 Å². The molecule has 1 amide bonds. The standard InChI is InChI=1S/C10H13N5O3/c1-7(16)5-11-9(17)6-15-13-10(12-14-15)8-3-2-4-18-8/h2-4,7,16H,5-6H2,1H3,(H,11,17)/t7-/m0/s1. The van der Waals surface area contributed by atoms with Crippen LogP contribution in [0.4, 0.5) is 0 Å². The minimum Gasteiger partial charge on any atom is -0.461 e. The Morgan fingerprint density at radius 1 is 1.67 bits per heavy atom. The molecule has 18 heavy (non-hydrogen) atoms. The summed E-state index contributed by atoms with van der Waals surface area (Å²) in [6.45, 7) is 1.72. The summed E-state index contributed by atoms with van der Waals surface area (Å²) in [5.41, 5.74) is 0. The second-order valence-electron chi connectivity index (χ2n) is 3.77. The Labute approximate surface area is 103 Å². The third-order valence-corrected chi connectivity index (χ3v) is 2.07. The largest absolute Gasteiger partial charge is 0.461 e. The Morgan fingerprint density at radius 3 is 3.17 bits per heavy atom. The fraction of sp³-hybridized carbons (Fsp3) is 0.400. The number of aromatic nitrogens is 4. The van der Waals surface area contributed by atoms with Gasteiger partial charge in [0, 0.05) is 6.54 Å². The van der Waals surface area contributed by atoms with Crippen molar-refractivity contribution < 1.29 is 14.3 Å². The van der Waals surface area contributed by atoms with Gasteiger partial charge in [0.05, 0.1) is 12.4 Å². The SMILES string of the molecule is C[C@H](O)CNC(=O)Cn1nnc(-c2ccco2)n1. The van der Waals surface area contributed by atoms with Gasteiger partial charge in [-0.2, -0.15) is 4.80 Å². The number of nitrogens with one attached hydrogen (secondary N) is 1. The average Bonchev–Trinajstić information content (AvgIpc) is 2.95. The summed E-state index contributed by atoms with van der Waals surface area (Å²) < 4.78 is 5.10. The quantitative estimate of drug-likeness (QED) is 0.737. The van der Waals surface area contributed by atoms with Gasteiger partial charge < -0.3 is 14.8 Å². The summed E-state index contributed by atoms with van der Waals surface area (Å²) in [4.78, 5) is 12.6. The molecule has 0 aliphatic rings. The Kier molecular flexibility index (Phi) is 3.68. The first-order valence-corrected chi connectivity index (χ1v) is 5.41. The third kappa shape index (κ3) is 3.14. The van der Waals surface area contributed by atoms with Crippen LogP contribution in [0, 0.1) is 0 Å². The molecule has 1 atom stereocenters. The zero-order valence-corrected chi connectivity index (χ0v) is 9.78. The molecule has 2 aromatic rings. The molecule has 2 heterocycles. The van der Waals surface area contributed by atoms with Gasteiger partial charge in [0.2, 0.25) is 11.7 Å². The molecule has 0 saturated heterocycles. The summed E-state index contributed by atoms with van der Waals surface area (Å²) >= 11 is 0. The molecule has 8 heteroatoms. The average molecular weight is 251 g/mol. The second kappa shape index (κ2) is 5.41. The molecule has 0 bridgehead atoms. The number of carbonyl (C=O) groups excluding carboxylic acids is 1. The number of hydrogen-bond donors (Lipinski definition) is 2. The van der Waals surface area contributed by atoms with Crippen molar-refractivity contribution in [3.05, 3.63) is 18.4 Å². The number of nitrogens with zero attached hydrogens (tertiary/aromatic N) is 4. The van der Waals surface area contributed by atoms with E-state index in [1.807, 2.05) is 0 Å². The normalized spacial score (nSPS) is 12.3. The Hall–Kier alpha value is -2.22. The maximum absolute atomic E-state index is 11.4. The zero-order valence-electron chi connectivity index (χ0n) is 9.78. The molecular formula is C10H13N5O3.